The number of nitrogens with zero attached hydrogens (tertiary/aromatic N) is 7. The summed E-state index contributed by atoms with van der Waals surface area (Å²) in [6.45, 7) is 1.05. The van der Waals surface area contributed by atoms with Gasteiger partial charge in [0.15, 0.2) is 17.6 Å². The van der Waals surface area contributed by atoms with Gasteiger partial charge in [-0.05, 0) is 10.4 Å². The Hall–Kier alpha value is -2.78. The van der Waals surface area contributed by atoms with Crippen LogP contribution in [0.25, 0.3) is 0 Å². The van der Waals surface area contributed by atoms with Gasteiger partial charge in [-0.15, -0.1) is 16.9 Å². The van der Waals surface area contributed by atoms with E-state index in [-0.39, 0.29) is 23.1 Å². The Labute approximate surface area is 200 Å². The number of carbonyl (C=O) groups excluding carboxylic acids is 2. The van der Waals surface area contributed by atoms with E-state index in [2.05, 4.69) is 28.2 Å². The van der Waals surface area contributed by atoms with Gasteiger partial charge in [0, 0.05) is 32.5 Å². The fourth-order valence-corrected chi connectivity index (χ4v) is 6.38. The lowest BCUT2D eigenvalue weighted by Gasteiger charge is -2.56. The molecule has 176 valence electrons. The number of aromatic hydroxyl groups is 1. The first kappa shape index (κ1) is 23.4. The zero-order valence-corrected chi connectivity index (χ0v) is 19.7. The minimum atomic E-state index is -1.48. The number of fused-ring (bicyclic) bond motifs is 1. The predicted molar refractivity (Wildman–Crippen MR) is 119 cm³/mol. The number of amides is 2. The van der Waals surface area contributed by atoms with Crippen molar-refractivity contribution in [3.63, 3.8) is 0 Å². The van der Waals surface area contributed by atoms with Gasteiger partial charge in [-0.2, -0.15) is 12.6 Å². The van der Waals surface area contributed by atoms with E-state index < -0.39 is 51.0 Å². The molecule has 3 unspecified atom stereocenters. The topological polar surface area (TPSA) is 164 Å². The third-order valence-corrected chi connectivity index (χ3v) is 8.24. The Kier molecular flexibility index (Phi) is 5.82. The molecule has 4 rings (SSSR count). The number of thioether (sulfide) groups is 1. The second kappa shape index (κ2) is 8.22. The Bertz CT molecular complexity index is 1190. The maximum atomic E-state index is 13.1. The highest BCUT2D eigenvalue weighted by Gasteiger charge is 2.62. The number of aliphatic carboxylic acids is 1. The molecule has 0 bridgehead atoms. The molecule has 2 aliphatic heterocycles. The summed E-state index contributed by atoms with van der Waals surface area (Å²) in [7, 11) is 1.56. The van der Waals surface area contributed by atoms with Crippen molar-refractivity contribution in [3.05, 3.63) is 33.5 Å². The second-order valence-corrected chi connectivity index (χ2v) is 9.73. The normalized spacial score (nSPS) is 25.2. The number of rotatable bonds is 5. The van der Waals surface area contributed by atoms with Crippen LogP contribution in [0.15, 0.2) is 17.2 Å². The lowest BCUT2D eigenvalue weighted by atomic mass is 9.83. The molecular formula is C17H18ClN7O6S2. The van der Waals surface area contributed by atoms with Crippen LogP contribution in [0.1, 0.15) is 18.0 Å². The van der Waals surface area contributed by atoms with Crippen LogP contribution >= 0.6 is 36.0 Å². The minimum absolute atomic E-state index is 0.0657. The summed E-state index contributed by atoms with van der Waals surface area (Å²) in [5.41, 5.74) is -2.29. The monoisotopic (exact) mass is 515 g/mol. The number of thiol groups is 1. The van der Waals surface area contributed by atoms with E-state index in [1.165, 1.54) is 28.3 Å². The van der Waals surface area contributed by atoms with E-state index in [0.29, 0.717) is 0 Å². The molecule has 4 atom stereocenters. The number of hydrogen-bond donors (Lipinski definition) is 3. The quantitative estimate of drug-likeness (QED) is 0.340. The molecule has 33 heavy (non-hydrogen) atoms. The van der Waals surface area contributed by atoms with E-state index in [1.54, 1.807) is 7.05 Å². The van der Waals surface area contributed by atoms with Gasteiger partial charge >= 0.3 is 5.97 Å². The first-order valence-electron chi connectivity index (χ1n) is 9.46. The number of carbonyl (C=O) groups is 3. The number of tetrazole rings is 1. The van der Waals surface area contributed by atoms with Crippen LogP contribution in [-0.4, -0.2) is 81.5 Å². The molecule has 0 spiro atoms. The van der Waals surface area contributed by atoms with Crippen LogP contribution in [0.3, 0.4) is 0 Å². The van der Waals surface area contributed by atoms with Gasteiger partial charge in [0.1, 0.15) is 15.8 Å². The highest BCUT2D eigenvalue weighted by molar-refractivity contribution is 8.00. The molecule has 2 amide bonds. The largest absolute Gasteiger partial charge is 0.503 e. The molecule has 2 fully saturated rings. The maximum absolute atomic E-state index is 13.1. The van der Waals surface area contributed by atoms with E-state index in [0.717, 1.165) is 22.1 Å². The molecule has 16 heteroatoms. The molecule has 2 aromatic rings. The van der Waals surface area contributed by atoms with Crippen molar-refractivity contribution in [2.24, 2.45) is 12.5 Å². The number of carboxylic acid groups (broad SMARTS) is 1. The summed E-state index contributed by atoms with van der Waals surface area (Å²) in [6, 6.07) is -0.993. The summed E-state index contributed by atoms with van der Waals surface area (Å²) >= 11 is 11.5. The average Bonchev–Trinajstić information content (AvgIpc) is 3.19. The van der Waals surface area contributed by atoms with Crippen molar-refractivity contribution in [1.82, 2.24) is 29.8 Å². The molecular weight excluding hydrogens is 498 g/mol. The minimum Gasteiger partial charge on any atom is -0.503 e. The van der Waals surface area contributed by atoms with Gasteiger partial charge in [0.2, 0.25) is 11.3 Å². The number of aryl methyl sites for hydroxylation is 1. The molecule has 2 N–H and O–H groups in total. The number of β-lactam (4-membered cyclic amide) rings is 1. The van der Waals surface area contributed by atoms with E-state index >= 15 is 0 Å². The van der Waals surface area contributed by atoms with Crippen LogP contribution in [-0.2, 0) is 21.4 Å². The number of pyridine rings is 1. The number of halogens is 1. The van der Waals surface area contributed by atoms with Crippen LogP contribution in [0, 0.1) is 5.41 Å². The van der Waals surface area contributed by atoms with Crippen LogP contribution < -0.4 is 10.4 Å². The SMILES string of the molecule is CC(=O)N(C1C(=O)N2CC(C(=O)O)(C(S)c3nnnn3C)CS[C@H]12)n1cc(O)c(=O)c(Cl)c1. The molecule has 0 radical (unpaired) electrons. The van der Waals surface area contributed by atoms with Crippen molar-refractivity contribution in [2.45, 2.75) is 23.6 Å². The summed E-state index contributed by atoms with van der Waals surface area (Å²) in [4.78, 5) is 51.0. The Morgan fingerprint density at radius 2 is 2.09 bits per heavy atom. The Morgan fingerprint density at radius 3 is 2.64 bits per heavy atom. The molecule has 0 aromatic carbocycles. The molecule has 2 aromatic heterocycles. The zero-order chi connectivity index (χ0) is 24.2. The van der Waals surface area contributed by atoms with Crippen LogP contribution in [0.2, 0.25) is 5.02 Å². The maximum Gasteiger partial charge on any atom is 0.313 e. The van der Waals surface area contributed by atoms with Gasteiger partial charge in [0.25, 0.3) is 5.91 Å². The second-order valence-electron chi connectivity index (χ2n) is 7.70. The van der Waals surface area contributed by atoms with Crippen molar-refractivity contribution < 1.29 is 24.6 Å². The van der Waals surface area contributed by atoms with E-state index in [4.69, 9.17) is 11.6 Å². The van der Waals surface area contributed by atoms with E-state index in [1.807, 2.05) is 0 Å². The van der Waals surface area contributed by atoms with E-state index in [9.17, 15) is 29.4 Å². The zero-order valence-electron chi connectivity index (χ0n) is 17.2. The molecule has 2 saturated heterocycles. The van der Waals surface area contributed by atoms with Crippen LogP contribution in [0.5, 0.6) is 5.75 Å². The smallest absolute Gasteiger partial charge is 0.313 e. The third-order valence-electron chi connectivity index (χ3n) is 5.71. The number of carboxylic acids is 1. The van der Waals surface area contributed by atoms with Gasteiger partial charge in [-0.3, -0.25) is 23.9 Å². The predicted octanol–water partition coefficient (Wildman–Crippen LogP) is -0.759. The summed E-state index contributed by atoms with van der Waals surface area (Å²) in [5, 5.41) is 30.3. The first-order chi connectivity index (χ1) is 15.5. The summed E-state index contributed by atoms with van der Waals surface area (Å²) in [5.74, 6) is -2.58. The lowest BCUT2D eigenvalue weighted by molar-refractivity contribution is -0.158. The first-order valence-corrected chi connectivity index (χ1v) is 11.4. The van der Waals surface area contributed by atoms with Gasteiger partial charge in [-0.1, -0.05) is 11.6 Å². The van der Waals surface area contributed by atoms with Crippen molar-refractivity contribution in [3.8, 4) is 5.75 Å². The molecule has 0 aliphatic carbocycles. The molecule has 13 nitrogen and oxygen atoms in total. The average molecular weight is 516 g/mol. The summed E-state index contributed by atoms with van der Waals surface area (Å²) < 4.78 is 2.41. The lowest BCUT2D eigenvalue weighted by Crippen LogP contribution is -2.76. The van der Waals surface area contributed by atoms with Gasteiger partial charge in [0.05, 0.1) is 11.4 Å². The Balaban J connectivity index is 1.65. The highest BCUT2D eigenvalue weighted by Crippen LogP contribution is 2.50. The third kappa shape index (κ3) is 3.54. The molecule has 0 saturated carbocycles. The summed E-state index contributed by atoms with van der Waals surface area (Å²) in [6.07, 6.45) is 2.12. The molecule has 2 aliphatic rings. The fourth-order valence-electron chi connectivity index (χ4n) is 3.94. The van der Waals surface area contributed by atoms with Crippen molar-refractivity contribution in [2.75, 3.05) is 17.3 Å². The fraction of sp³-hybridized carbons (Fsp3) is 0.471. The van der Waals surface area contributed by atoms with Crippen LogP contribution in [0.4, 0.5) is 0 Å². The highest BCUT2D eigenvalue weighted by atomic mass is 35.5. The number of hydrogen-bond acceptors (Lipinski definition) is 10. The molecule has 4 heterocycles. The van der Waals surface area contributed by atoms with Gasteiger partial charge < -0.3 is 15.1 Å². The van der Waals surface area contributed by atoms with Gasteiger partial charge in [-0.25, -0.2) is 9.69 Å². The Morgan fingerprint density at radius 1 is 1.39 bits per heavy atom. The number of aromatic nitrogens is 5. The standard InChI is InChI=1S/C17H18ClN7O6S2/c1-7(26)25(23-3-8(18)11(28)9(27)4-23)10-14(29)24-5-17(16(30)31,6-33-15(10)24)12(32)13-19-20-21-22(13)2/h3-4,10,12,15,27,32H,5-6H2,1-2H3,(H,30,31)/t10?,12?,15-,17?/m1/s1. The van der Waals surface area contributed by atoms with Crippen molar-refractivity contribution >= 4 is 53.8 Å². The van der Waals surface area contributed by atoms with Crippen molar-refractivity contribution in [1.29, 1.82) is 0 Å².